The number of nitrogens with zero attached hydrogens (tertiary/aromatic N) is 3. The molecule has 2 aromatic heterocycles. The third-order valence-electron chi connectivity index (χ3n) is 5.41. The van der Waals surface area contributed by atoms with Crippen molar-refractivity contribution in [3.8, 4) is 11.3 Å². The molecule has 4 rings (SSSR count). The summed E-state index contributed by atoms with van der Waals surface area (Å²) < 4.78 is 29.7. The molecule has 0 spiro atoms. The second-order valence-corrected chi connectivity index (χ2v) is 9.59. The van der Waals surface area contributed by atoms with Crippen LogP contribution in [0.15, 0.2) is 77.8 Å². The van der Waals surface area contributed by atoms with E-state index in [1.165, 1.54) is 23.9 Å². The first kappa shape index (κ1) is 22.5. The predicted octanol–water partition coefficient (Wildman–Crippen LogP) is 3.41. The topological polar surface area (TPSA) is 98.0 Å². The monoisotopic (exact) mass is 463 g/mol. The third-order valence-corrected chi connectivity index (χ3v) is 6.79. The fraction of sp³-hybridized carbons (Fsp3) is 0.167. The van der Waals surface area contributed by atoms with Crippen LogP contribution in [0.5, 0.6) is 0 Å². The number of benzene rings is 2. The van der Waals surface area contributed by atoms with Gasteiger partial charge in [0.25, 0.3) is 5.91 Å². The number of rotatable bonds is 7. The van der Waals surface area contributed by atoms with E-state index in [-0.39, 0.29) is 10.6 Å². The van der Waals surface area contributed by atoms with E-state index < -0.39 is 15.9 Å². The van der Waals surface area contributed by atoms with Crippen LogP contribution in [0.4, 0.5) is 5.82 Å². The molecule has 170 valence electrons. The molecule has 1 amide bonds. The number of aromatic nitrogens is 3. The molecule has 0 aliphatic heterocycles. The number of hydrogen-bond acceptors (Lipinski definition) is 4. The first-order valence-corrected chi connectivity index (χ1v) is 11.9. The number of hydrogen-bond donors (Lipinski definition) is 2. The minimum absolute atomic E-state index is 0.0241. The van der Waals surface area contributed by atoms with Crippen LogP contribution in [0.1, 0.15) is 21.6 Å². The Hall–Kier alpha value is -3.69. The van der Waals surface area contributed by atoms with Gasteiger partial charge >= 0.3 is 0 Å². The Balaban J connectivity index is 1.70. The lowest BCUT2D eigenvalue weighted by molar-refractivity contribution is 0.101. The van der Waals surface area contributed by atoms with Gasteiger partial charge in [0, 0.05) is 24.9 Å². The van der Waals surface area contributed by atoms with E-state index in [0.29, 0.717) is 12.4 Å². The van der Waals surface area contributed by atoms with E-state index in [1.54, 1.807) is 11.7 Å². The van der Waals surface area contributed by atoms with Gasteiger partial charge in [-0.1, -0.05) is 54.6 Å². The molecule has 8 nitrogen and oxygen atoms in total. The Bertz CT molecular complexity index is 1410. The Labute approximate surface area is 192 Å². The van der Waals surface area contributed by atoms with Crippen LogP contribution in [0.25, 0.3) is 11.3 Å². The van der Waals surface area contributed by atoms with E-state index >= 15 is 0 Å². The Kier molecular flexibility index (Phi) is 6.17. The summed E-state index contributed by atoms with van der Waals surface area (Å²) >= 11 is 0. The summed E-state index contributed by atoms with van der Waals surface area (Å²) in [6.45, 7) is 2.48. The average molecular weight is 464 g/mol. The molecular formula is C24H25N5O3S. The maximum absolute atomic E-state index is 13.1. The summed E-state index contributed by atoms with van der Waals surface area (Å²) in [5, 5.41) is 7.66. The number of sulfonamides is 1. The van der Waals surface area contributed by atoms with E-state index in [4.69, 9.17) is 5.10 Å². The lowest BCUT2D eigenvalue weighted by atomic mass is 10.1. The minimum atomic E-state index is -3.66. The summed E-state index contributed by atoms with van der Waals surface area (Å²) in [6, 6.07) is 20.9. The molecule has 0 bridgehead atoms. The normalized spacial score (nSPS) is 11.5. The minimum Gasteiger partial charge on any atom is -0.345 e. The predicted molar refractivity (Wildman–Crippen MR) is 128 cm³/mol. The van der Waals surface area contributed by atoms with Crippen molar-refractivity contribution in [2.45, 2.75) is 18.4 Å². The molecule has 0 atom stereocenters. The van der Waals surface area contributed by atoms with Crippen molar-refractivity contribution in [3.63, 3.8) is 0 Å². The Morgan fingerprint density at radius 2 is 1.73 bits per heavy atom. The number of carbonyl (C=O) groups excluding carboxylic acids is 1. The summed E-state index contributed by atoms with van der Waals surface area (Å²) in [6.07, 6.45) is 1.40. The number of amides is 1. The summed E-state index contributed by atoms with van der Waals surface area (Å²) in [4.78, 5) is 13.1. The summed E-state index contributed by atoms with van der Waals surface area (Å²) in [5.41, 5.74) is 4.04. The van der Waals surface area contributed by atoms with Crippen LogP contribution in [0.2, 0.25) is 0 Å². The molecule has 4 aromatic rings. The van der Waals surface area contributed by atoms with Crippen molar-refractivity contribution >= 4 is 21.7 Å². The third kappa shape index (κ3) is 4.74. The fourth-order valence-corrected chi connectivity index (χ4v) is 4.39. The van der Waals surface area contributed by atoms with Crippen LogP contribution < -0.4 is 10.0 Å². The van der Waals surface area contributed by atoms with Gasteiger partial charge in [0.05, 0.1) is 12.2 Å². The zero-order valence-electron chi connectivity index (χ0n) is 18.6. The largest absolute Gasteiger partial charge is 0.345 e. The number of aryl methyl sites for hydroxylation is 2. The molecule has 2 heterocycles. The summed E-state index contributed by atoms with van der Waals surface area (Å²) in [5.74, 6) is 0.0851. The van der Waals surface area contributed by atoms with Gasteiger partial charge in [-0.3, -0.25) is 4.79 Å². The van der Waals surface area contributed by atoms with Crippen molar-refractivity contribution in [2.24, 2.45) is 7.05 Å². The number of nitrogens with one attached hydrogen (secondary N) is 2. The van der Waals surface area contributed by atoms with Gasteiger partial charge in [0.15, 0.2) is 0 Å². The van der Waals surface area contributed by atoms with Crippen LogP contribution in [-0.2, 0) is 23.6 Å². The molecule has 0 saturated carbocycles. The standard InChI is InChI=1S/C24H25N5O3S/c1-17-9-7-8-12-20(17)21-14-23(29(27-21)15-18-10-5-4-6-11-18)26-24(30)22-13-19(16-28(22)3)33(31,32)25-2/h4-14,16,25H,15H2,1-3H3,(H,26,30). The molecule has 33 heavy (non-hydrogen) atoms. The van der Waals surface area contributed by atoms with E-state index in [0.717, 1.165) is 22.4 Å². The van der Waals surface area contributed by atoms with Gasteiger partial charge in [-0.05, 0) is 31.2 Å². The van der Waals surface area contributed by atoms with Gasteiger partial charge in [0.2, 0.25) is 10.0 Å². The fourth-order valence-electron chi connectivity index (χ4n) is 3.59. The highest BCUT2D eigenvalue weighted by Crippen LogP contribution is 2.26. The SMILES string of the molecule is CNS(=O)(=O)c1cc(C(=O)Nc2cc(-c3ccccc3C)nn2Cc2ccccc2)n(C)c1. The van der Waals surface area contributed by atoms with E-state index in [9.17, 15) is 13.2 Å². The highest BCUT2D eigenvalue weighted by atomic mass is 32.2. The van der Waals surface area contributed by atoms with Gasteiger partial charge in [-0.2, -0.15) is 5.10 Å². The second kappa shape index (κ2) is 9.05. The maximum atomic E-state index is 13.1. The van der Waals surface area contributed by atoms with Crippen LogP contribution in [-0.4, -0.2) is 35.7 Å². The van der Waals surface area contributed by atoms with Crippen LogP contribution >= 0.6 is 0 Å². The molecule has 0 saturated heterocycles. The van der Waals surface area contributed by atoms with Crippen molar-refractivity contribution in [1.82, 2.24) is 19.1 Å². The molecule has 0 fully saturated rings. The smallest absolute Gasteiger partial charge is 0.273 e. The summed E-state index contributed by atoms with van der Waals surface area (Å²) in [7, 11) is -0.701. The lowest BCUT2D eigenvalue weighted by Crippen LogP contribution is -2.19. The quantitative estimate of drug-likeness (QED) is 0.439. The van der Waals surface area contributed by atoms with Gasteiger partial charge in [-0.25, -0.2) is 17.8 Å². The first-order valence-electron chi connectivity index (χ1n) is 10.4. The highest BCUT2D eigenvalue weighted by molar-refractivity contribution is 7.89. The molecule has 0 aliphatic rings. The van der Waals surface area contributed by atoms with Crippen LogP contribution in [0.3, 0.4) is 0 Å². The molecule has 0 aliphatic carbocycles. The average Bonchev–Trinajstić information content (AvgIpc) is 3.38. The zero-order chi connectivity index (χ0) is 23.6. The van der Waals surface area contributed by atoms with E-state index in [2.05, 4.69) is 10.0 Å². The molecule has 2 N–H and O–H groups in total. The molecule has 9 heteroatoms. The van der Waals surface area contributed by atoms with Crippen molar-refractivity contribution < 1.29 is 13.2 Å². The molecular weight excluding hydrogens is 438 g/mol. The molecule has 0 radical (unpaired) electrons. The Morgan fingerprint density at radius 1 is 1.03 bits per heavy atom. The first-order chi connectivity index (χ1) is 15.8. The maximum Gasteiger partial charge on any atom is 0.273 e. The Morgan fingerprint density at radius 3 is 2.42 bits per heavy atom. The molecule has 2 aromatic carbocycles. The van der Waals surface area contributed by atoms with Gasteiger partial charge < -0.3 is 9.88 Å². The molecule has 0 unspecified atom stereocenters. The van der Waals surface area contributed by atoms with Crippen LogP contribution in [0, 0.1) is 6.92 Å². The number of anilines is 1. The van der Waals surface area contributed by atoms with Crippen molar-refractivity contribution in [3.05, 3.63) is 89.7 Å². The van der Waals surface area contributed by atoms with E-state index in [1.807, 2.05) is 67.6 Å². The zero-order valence-corrected chi connectivity index (χ0v) is 19.4. The van der Waals surface area contributed by atoms with Crippen molar-refractivity contribution in [2.75, 3.05) is 12.4 Å². The van der Waals surface area contributed by atoms with Gasteiger partial charge in [-0.15, -0.1) is 0 Å². The van der Waals surface area contributed by atoms with Gasteiger partial charge in [0.1, 0.15) is 16.4 Å². The highest BCUT2D eigenvalue weighted by Gasteiger charge is 2.21. The lowest BCUT2D eigenvalue weighted by Gasteiger charge is -2.09. The van der Waals surface area contributed by atoms with Crippen molar-refractivity contribution in [1.29, 1.82) is 0 Å². The number of carbonyl (C=O) groups is 1. The second-order valence-electron chi connectivity index (χ2n) is 7.71.